The second-order valence-corrected chi connectivity index (χ2v) is 12.1. The number of ether oxygens (including phenoxy) is 1. The van der Waals surface area contributed by atoms with Gasteiger partial charge in [0.1, 0.15) is 0 Å². The van der Waals surface area contributed by atoms with E-state index in [-0.39, 0.29) is 11.4 Å². The molecule has 1 aromatic heterocycles. The number of amides is 2. The average molecular weight is 556 g/mol. The number of thiazole rings is 1. The Hall–Kier alpha value is -2.42. The third-order valence-corrected chi connectivity index (χ3v) is 9.06. The van der Waals surface area contributed by atoms with Crippen molar-refractivity contribution in [1.29, 1.82) is 0 Å². The quantitative estimate of drug-likeness (QED) is 0.404. The number of carbonyl (C=O) groups is 1. The Kier molecular flexibility index (Phi) is 6.99. The van der Waals surface area contributed by atoms with Crippen molar-refractivity contribution in [3.05, 3.63) is 85.3 Å². The number of hydrogen-bond acceptors (Lipinski definition) is 5. The van der Waals surface area contributed by atoms with E-state index >= 15 is 0 Å². The number of halogens is 2. The van der Waals surface area contributed by atoms with Crippen LogP contribution >= 0.6 is 34.5 Å². The number of anilines is 1. The predicted molar refractivity (Wildman–Crippen MR) is 149 cm³/mol. The van der Waals surface area contributed by atoms with Crippen LogP contribution in [0.1, 0.15) is 40.0 Å². The zero-order valence-electron chi connectivity index (χ0n) is 20.4. The van der Waals surface area contributed by atoms with Gasteiger partial charge in [-0.25, -0.2) is 9.78 Å². The molecule has 0 radical (unpaired) electrons. The summed E-state index contributed by atoms with van der Waals surface area (Å²) in [4.78, 5) is 22.8. The van der Waals surface area contributed by atoms with E-state index in [0.29, 0.717) is 30.8 Å². The van der Waals surface area contributed by atoms with E-state index < -0.39 is 0 Å². The first kappa shape index (κ1) is 24.9. The van der Waals surface area contributed by atoms with Crippen LogP contribution in [0.4, 0.5) is 10.5 Å². The maximum Gasteiger partial charge on any atom is 0.322 e. The molecular weight excluding hydrogens is 527 g/mol. The van der Waals surface area contributed by atoms with Crippen molar-refractivity contribution in [3.8, 4) is 0 Å². The zero-order valence-corrected chi connectivity index (χ0v) is 22.7. The fourth-order valence-corrected chi connectivity index (χ4v) is 6.69. The predicted octanol–water partition coefficient (Wildman–Crippen LogP) is 6.26. The summed E-state index contributed by atoms with van der Waals surface area (Å²) >= 11 is 13.3. The lowest BCUT2D eigenvalue weighted by atomic mass is 9.73. The minimum atomic E-state index is -0.0742. The first-order valence-electron chi connectivity index (χ1n) is 12.5. The van der Waals surface area contributed by atoms with Gasteiger partial charge in [0.2, 0.25) is 0 Å². The normalized spacial score (nSPS) is 18.5. The Balaban J connectivity index is 1.16. The summed E-state index contributed by atoms with van der Waals surface area (Å²) in [7, 11) is 0. The number of hydrogen-bond donors (Lipinski definition) is 1. The van der Waals surface area contributed by atoms with Gasteiger partial charge in [-0.2, -0.15) is 0 Å². The second kappa shape index (κ2) is 10.4. The molecule has 3 aliphatic rings. The van der Waals surface area contributed by atoms with Crippen LogP contribution in [0.3, 0.4) is 0 Å². The molecule has 9 heteroatoms. The molecule has 6 rings (SSSR count). The van der Waals surface area contributed by atoms with Gasteiger partial charge in [-0.3, -0.25) is 9.80 Å². The van der Waals surface area contributed by atoms with Gasteiger partial charge in [0.15, 0.2) is 4.47 Å². The van der Waals surface area contributed by atoms with Crippen LogP contribution in [-0.2, 0) is 29.9 Å². The number of nitrogens with one attached hydrogen (secondary N) is 1. The minimum absolute atomic E-state index is 0.0333. The third-order valence-electron chi connectivity index (χ3n) is 7.70. The first-order chi connectivity index (χ1) is 18.0. The highest BCUT2D eigenvalue weighted by Crippen LogP contribution is 2.48. The number of nitrogens with zero attached hydrogens (tertiary/aromatic N) is 3. The summed E-state index contributed by atoms with van der Waals surface area (Å²) in [6, 6.07) is 12.3. The molecule has 192 valence electrons. The van der Waals surface area contributed by atoms with Crippen molar-refractivity contribution < 1.29 is 9.53 Å². The number of carbonyl (C=O) groups excluding carboxylic acids is 1. The maximum absolute atomic E-state index is 13.4. The smallest absolute Gasteiger partial charge is 0.322 e. The maximum atomic E-state index is 13.4. The van der Waals surface area contributed by atoms with Gasteiger partial charge < -0.3 is 10.1 Å². The van der Waals surface area contributed by atoms with Crippen molar-refractivity contribution >= 4 is 52.3 Å². The molecule has 0 unspecified atom stereocenters. The zero-order chi connectivity index (χ0) is 25.4. The van der Waals surface area contributed by atoms with Gasteiger partial charge in [-0.05, 0) is 66.4 Å². The van der Waals surface area contributed by atoms with Gasteiger partial charge in [0.25, 0.3) is 0 Å². The van der Waals surface area contributed by atoms with E-state index in [1.54, 1.807) is 6.20 Å². The van der Waals surface area contributed by atoms with Crippen LogP contribution in [0.25, 0.3) is 6.08 Å². The number of piperidine rings is 1. The Bertz CT molecular complexity index is 1330. The monoisotopic (exact) mass is 554 g/mol. The number of benzene rings is 2. The highest BCUT2D eigenvalue weighted by Gasteiger charge is 2.47. The van der Waals surface area contributed by atoms with Crippen LogP contribution in [0.2, 0.25) is 9.49 Å². The molecule has 0 atom stereocenters. The highest BCUT2D eigenvalue weighted by molar-refractivity contribution is 7.15. The summed E-state index contributed by atoms with van der Waals surface area (Å²) in [6.45, 7) is 5.28. The molecule has 2 amide bonds. The molecule has 1 spiro atoms. The van der Waals surface area contributed by atoms with Gasteiger partial charge in [0.05, 0.1) is 19.8 Å². The summed E-state index contributed by atoms with van der Waals surface area (Å²) in [5, 5.41) is 3.83. The number of rotatable bonds is 5. The molecule has 1 fully saturated rings. The van der Waals surface area contributed by atoms with Gasteiger partial charge in [-0.1, -0.05) is 53.6 Å². The molecule has 37 heavy (non-hydrogen) atoms. The SMILES string of the molecule is O=C(NCc1cnc(Cl)s1)N1CC2(CCN(C/C=C/c3ccc(Cl)cc3)CC2)c2cc3c(cc21)COC3. The molecule has 4 heterocycles. The molecule has 2 aromatic carbocycles. The van der Waals surface area contributed by atoms with Crippen molar-refractivity contribution in [2.45, 2.75) is 38.0 Å². The van der Waals surface area contributed by atoms with Crippen molar-refractivity contribution in [1.82, 2.24) is 15.2 Å². The molecule has 3 aliphatic heterocycles. The third kappa shape index (κ3) is 5.16. The summed E-state index contributed by atoms with van der Waals surface area (Å²) in [5.74, 6) is 0. The van der Waals surface area contributed by atoms with Crippen LogP contribution in [0.5, 0.6) is 0 Å². The average Bonchev–Trinajstić information content (AvgIpc) is 3.62. The number of urea groups is 1. The van der Waals surface area contributed by atoms with Gasteiger partial charge >= 0.3 is 6.03 Å². The van der Waals surface area contributed by atoms with E-state index in [9.17, 15) is 4.79 Å². The number of aromatic nitrogens is 1. The summed E-state index contributed by atoms with van der Waals surface area (Å²) < 4.78 is 6.20. The van der Waals surface area contributed by atoms with Crippen LogP contribution in [0, 0.1) is 0 Å². The Morgan fingerprint density at radius 2 is 1.89 bits per heavy atom. The first-order valence-corrected chi connectivity index (χ1v) is 14.1. The molecule has 0 bridgehead atoms. The number of fused-ring (bicyclic) bond motifs is 3. The Morgan fingerprint density at radius 3 is 2.62 bits per heavy atom. The standard InChI is InChI=1S/C28H28Cl2N4O2S/c29-22-5-3-19(4-6-22)2-1-9-33-10-7-28(8-11-33)18-34(27(35)32-15-23-14-31-26(30)37-23)25-13-21-17-36-16-20(21)12-24(25)28/h1-6,12-14H,7-11,15-18H2,(H,32,35)/b2-1+. The molecular formula is C28H28Cl2N4O2S. The highest BCUT2D eigenvalue weighted by atomic mass is 35.5. The van der Waals surface area contributed by atoms with E-state index in [2.05, 4.69) is 39.5 Å². The summed E-state index contributed by atoms with van der Waals surface area (Å²) in [6.07, 6.45) is 8.12. The fourth-order valence-electron chi connectivity index (χ4n) is 5.64. The van der Waals surface area contributed by atoms with Crippen LogP contribution in [-0.4, -0.2) is 42.1 Å². The molecule has 0 aliphatic carbocycles. The minimum Gasteiger partial charge on any atom is -0.372 e. The lowest BCUT2D eigenvalue weighted by Gasteiger charge is -2.39. The van der Waals surface area contributed by atoms with E-state index in [0.717, 1.165) is 53.6 Å². The molecule has 0 saturated carbocycles. The van der Waals surface area contributed by atoms with Gasteiger partial charge in [0, 0.05) is 40.3 Å². The molecule has 3 aromatic rings. The van der Waals surface area contributed by atoms with Crippen molar-refractivity contribution in [2.24, 2.45) is 0 Å². The van der Waals surface area contributed by atoms with Crippen LogP contribution < -0.4 is 10.2 Å². The van der Waals surface area contributed by atoms with Crippen LogP contribution in [0.15, 0.2) is 48.7 Å². The van der Waals surface area contributed by atoms with Crippen molar-refractivity contribution in [3.63, 3.8) is 0 Å². The molecule has 6 nitrogen and oxygen atoms in total. The van der Waals surface area contributed by atoms with Crippen molar-refractivity contribution in [2.75, 3.05) is 31.1 Å². The van der Waals surface area contributed by atoms with E-state index in [1.807, 2.05) is 29.2 Å². The molecule has 1 N–H and O–H groups in total. The second-order valence-electron chi connectivity index (χ2n) is 9.99. The lowest BCUT2D eigenvalue weighted by Crippen LogP contribution is -2.47. The lowest BCUT2D eigenvalue weighted by molar-refractivity contribution is 0.134. The molecule has 1 saturated heterocycles. The topological polar surface area (TPSA) is 57.7 Å². The fraction of sp³-hybridized carbons (Fsp3) is 0.357. The van der Waals surface area contributed by atoms with Gasteiger partial charge in [-0.15, -0.1) is 11.3 Å². The Morgan fingerprint density at radius 1 is 1.14 bits per heavy atom. The summed E-state index contributed by atoms with van der Waals surface area (Å²) in [5.41, 5.74) is 5.89. The van der Waals surface area contributed by atoms with E-state index in [1.165, 1.54) is 28.0 Å². The largest absolute Gasteiger partial charge is 0.372 e. The number of likely N-dealkylation sites (tertiary alicyclic amines) is 1. The Labute approximate surface area is 230 Å². The van der Waals surface area contributed by atoms with E-state index in [4.69, 9.17) is 27.9 Å².